The lowest BCUT2D eigenvalue weighted by Gasteiger charge is -2.06. The monoisotopic (exact) mass is 214 g/mol. The van der Waals surface area contributed by atoms with Gasteiger partial charge in [-0.15, -0.1) is 11.8 Å². The van der Waals surface area contributed by atoms with Gasteiger partial charge in [0.25, 0.3) is 5.69 Å². The van der Waals surface area contributed by atoms with Crippen LogP contribution in [0.15, 0.2) is 17.0 Å². The number of methoxy groups -OCH3 is 1. The molecule has 0 aliphatic heterocycles. The maximum Gasteiger partial charge on any atom is 0.286 e. The zero-order valence-corrected chi connectivity index (χ0v) is 8.63. The van der Waals surface area contributed by atoms with E-state index in [-0.39, 0.29) is 5.69 Å². The van der Waals surface area contributed by atoms with Crippen molar-refractivity contribution in [3.05, 3.63) is 22.2 Å². The van der Waals surface area contributed by atoms with E-state index in [4.69, 9.17) is 10.5 Å². The predicted molar refractivity (Wildman–Crippen MR) is 55.8 cm³/mol. The van der Waals surface area contributed by atoms with Crippen LogP contribution in [0.25, 0.3) is 0 Å². The van der Waals surface area contributed by atoms with Gasteiger partial charge >= 0.3 is 0 Å². The molecule has 0 spiro atoms. The molecule has 0 atom stereocenters. The molecule has 5 nitrogen and oxygen atoms in total. The molecule has 0 heterocycles. The van der Waals surface area contributed by atoms with E-state index in [1.165, 1.54) is 24.9 Å². The molecule has 1 rings (SSSR count). The van der Waals surface area contributed by atoms with Gasteiger partial charge in [-0.3, -0.25) is 10.1 Å². The summed E-state index contributed by atoms with van der Waals surface area (Å²) in [6, 6.07) is 2.88. The standard InChI is InChI=1S/C8H10N2O3S/c1-13-7-4-6(10(11)12)8(14-2)3-5(7)9/h3-4H,9H2,1-2H3. The van der Waals surface area contributed by atoms with Crippen LogP contribution < -0.4 is 10.5 Å². The van der Waals surface area contributed by atoms with E-state index in [1.807, 2.05) is 0 Å². The molecule has 0 saturated carbocycles. The number of benzene rings is 1. The second-order valence-electron chi connectivity index (χ2n) is 2.52. The Hall–Kier alpha value is -1.43. The SMILES string of the molecule is COc1cc([N+](=O)[O-])c(SC)cc1N. The van der Waals surface area contributed by atoms with Gasteiger partial charge < -0.3 is 10.5 Å². The van der Waals surface area contributed by atoms with Crippen LogP contribution in [0.2, 0.25) is 0 Å². The number of rotatable bonds is 3. The fraction of sp³-hybridized carbons (Fsp3) is 0.250. The number of nitrogens with two attached hydrogens (primary N) is 1. The maximum atomic E-state index is 10.7. The van der Waals surface area contributed by atoms with Gasteiger partial charge in [0, 0.05) is 0 Å². The Morgan fingerprint density at radius 1 is 1.57 bits per heavy atom. The Morgan fingerprint density at radius 2 is 2.21 bits per heavy atom. The Labute approximate surface area is 85.4 Å². The van der Waals surface area contributed by atoms with Crippen molar-refractivity contribution in [1.29, 1.82) is 0 Å². The van der Waals surface area contributed by atoms with Crippen LogP contribution in [0.5, 0.6) is 5.75 Å². The number of hydrogen-bond donors (Lipinski definition) is 1. The molecular formula is C8H10N2O3S. The van der Waals surface area contributed by atoms with Gasteiger partial charge in [-0.25, -0.2) is 0 Å². The smallest absolute Gasteiger partial charge is 0.286 e. The fourth-order valence-electron chi connectivity index (χ4n) is 1.05. The average molecular weight is 214 g/mol. The van der Waals surface area contributed by atoms with Crippen LogP contribution in [0.4, 0.5) is 11.4 Å². The lowest BCUT2D eigenvalue weighted by molar-refractivity contribution is -0.387. The van der Waals surface area contributed by atoms with E-state index in [1.54, 1.807) is 12.3 Å². The summed E-state index contributed by atoms with van der Waals surface area (Å²) in [6.45, 7) is 0. The van der Waals surface area contributed by atoms with Crippen LogP contribution >= 0.6 is 11.8 Å². The highest BCUT2D eigenvalue weighted by Crippen LogP contribution is 2.35. The number of nitro benzene ring substituents is 1. The third-order valence-corrected chi connectivity index (χ3v) is 2.49. The van der Waals surface area contributed by atoms with Crippen LogP contribution in [-0.4, -0.2) is 18.3 Å². The van der Waals surface area contributed by atoms with E-state index in [2.05, 4.69) is 0 Å². The summed E-state index contributed by atoms with van der Waals surface area (Å²) in [5.74, 6) is 0.328. The number of hydrogen-bond acceptors (Lipinski definition) is 5. The average Bonchev–Trinajstić information content (AvgIpc) is 2.16. The molecule has 0 saturated heterocycles. The zero-order chi connectivity index (χ0) is 10.7. The molecule has 6 heteroatoms. The summed E-state index contributed by atoms with van der Waals surface area (Å²) in [7, 11) is 1.42. The molecule has 2 N–H and O–H groups in total. The summed E-state index contributed by atoms with van der Waals surface area (Å²) >= 11 is 1.28. The molecule has 0 amide bonds. The van der Waals surface area contributed by atoms with Gasteiger partial charge in [-0.2, -0.15) is 0 Å². The number of thioether (sulfide) groups is 1. The Kier molecular flexibility index (Phi) is 3.19. The second-order valence-corrected chi connectivity index (χ2v) is 3.37. The molecule has 0 aliphatic carbocycles. The van der Waals surface area contributed by atoms with Gasteiger partial charge in [0.2, 0.25) is 0 Å². The third kappa shape index (κ3) is 1.90. The summed E-state index contributed by atoms with van der Waals surface area (Å²) in [4.78, 5) is 10.7. The van der Waals surface area contributed by atoms with Gasteiger partial charge in [-0.05, 0) is 12.3 Å². The number of nitrogen functional groups attached to an aromatic ring is 1. The van der Waals surface area contributed by atoms with Crippen LogP contribution in [0.3, 0.4) is 0 Å². The van der Waals surface area contributed by atoms with Crippen molar-refractivity contribution < 1.29 is 9.66 Å². The van der Waals surface area contributed by atoms with E-state index < -0.39 is 4.92 Å². The van der Waals surface area contributed by atoms with Crippen molar-refractivity contribution in [1.82, 2.24) is 0 Å². The van der Waals surface area contributed by atoms with Crippen LogP contribution in [0, 0.1) is 10.1 Å². The Balaban J connectivity index is 3.32. The van der Waals surface area contributed by atoms with E-state index in [0.29, 0.717) is 16.3 Å². The second kappa shape index (κ2) is 4.19. The number of anilines is 1. The molecule has 0 bridgehead atoms. The molecule has 0 fully saturated rings. The highest BCUT2D eigenvalue weighted by molar-refractivity contribution is 7.98. The quantitative estimate of drug-likeness (QED) is 0.360. The summed E-state index contributed by atoms with van der Waals surface area (Å²) < 4.78 is 4.90. The van der Waals surface area contributed by atoms with Crippen molar-refractivity contribution in [2.45, 2.75) is 4.90 Å². The first-order valence-corrected chi connectivity index (χ1v) is 4.98. The lowest BCUT2D eigenvalue weighted by Crippen LogP contribution is -1.97. The first-order valence-electron chi connectivity index (χ1n) is 3.76. The molecular weight excluding hydrogens is 204 g/mol. The molecule has 0 unspecified atom stereocenters. The van der Waals surface area contributed by atoms with Gasteiger partial charge in [0.15, 0.2) is 0 Å². The van der Waals surface area contributed by atoms with Crippen LogP contribution in [0.1, 0.15) is 0 Å². The summed E-state index contributed by atoms with van der Waals surface area (Å²) in [5.41, 5.74) is 6.04. The highest BCUT2D eigenvalue weighted by atomic mass is 32.2. The Morgan fingerprint density at radius 3 is 2.64 bits per heavy atom. The lowest BCUT2D eigenvalue weighted by atomic mass is 10.2. The fourth-order valence-corrected chi connectivity index (χ4v) is 1.64. The van der Waals surface area contributed by atoms with Crippen LogP contribution in [-0.2, 0) is 0 Å². The van der Waals surface area contributed by atoms with Crippen molar-refractivity contribution >= 4 is 23.1 Å². The van der Waals surface area contributed by atoms with E-state index in [0.717, 1.165) is 0 Å². The first kappa shape index (κ1) is 10.6. The first-order chi connectivity index (χ1) is 6.60. The molecule has 0 aromatic heterocycles. The number of nitro groups is 1. The molecule has 14 heavy (non-hydrogen) atoms. The molecule has 1 aromatic rings. The van der Waals surface area contributed by atoms with Crippen molar-refractivity contribution in [2.75, 3.05) is 19.1 Å². The van der Waals surface area contributed by atoms with Crippen molar-refractivity contribution in [3.63, 3.8) is 0 Å². The molecule has 0 aliphatic rings. The van der Waals surface area contributed by atoms with E-state index in [9.17, 15) is 10.1 Å². The minimum absolute atomic E-state index is 0.0172. The van der Waals surface area contributed by atoms with Gasteiger partial charge in [0.05, 0.1) is 28.7 Å². The van der Waals surface area contributed by atoms with Crippen molar-refractivity contribution in [3.8, 4) is 5.75 Å². The highest BCUT2D eigenvalue weighted by Gasteiger charge is 2.16. The third-order valence-electron chi connectivity index (χ3n) is 1.73. The minimum atomic E-state index is -0.451. The Bertz CT molecular complexity index is 368. The molecule has 1 aromatic carbocycles. The van der Waals surface area contributed by atoms with Crippen molar-refractivity contribution in [2.24, 2.45) is 0 Å². The van der Waals surface area contributed by atoms with Gasteiger partial charge in [-0.1, -0.05) is 0 Å². The maximum absolute atomic E-state index is 10.7. The molecule has 0 radical (unpaired) electrons. The minimum Gasteiger partial charge on any atom is -0.494 e. The number of ether oxygens (including phenoxy) is 1. The van der Waals surface area contributed by atoms with Gasteiger partial charge in [0.1, 0.15) is 5.75 Å². The molecule has 76 valence electrons. The normalized spacial score (nSPS) is 9.86. The number of nitrogens with zero attached hydrogens (tertiary/aromatic N) is 1. The zero-order valence-electron chi connectivity index (χ0n) is 7.81. The predicted octanol–water partition coefficient (Wildman–Crippen LogP) is 1.91. The summed E-state index contributed by atoms with van der Waals surface area (Å²) in [6.07, 6.45) is 1.76. The topological polar surface area (TPSA) is 78.4 Å². The largest absolute Gasteiger partial charge is 0.494 e. The summed E-state index contributed by atoms with van der Waals surface area (Å²) in [5, 5.41) is 10.7. The van der Waals surface area contributed by atoms with E-state index >= 15 is 0 Å².